The predicted molar refractivity (Wildman–Crippen MR) is 82.5 cm³/mol. The fourth-order valence-electron chi connectivity index (χ4n) is 1.57. The van der Waals surface area contributed by atoms with Gasteiger partial charge in [-0.25, -0.2) is 9.97 Å². The van der Waals surface area contributed by atoms with E-state index in [-0.39, 0.29) is 11.9 Å². The lowest BCUT2D eigenvalue weighted by molar-refractivity contribution is 0.102. The Morgan fingerprint density at radius 3 is 2.85 bits per heavy atom. The van der Waals surface area contributed by atoms with Crippen LogP contribution in [0.3, 0.4) is 0 Å². The summed E-state index contributed by atoms with van der Waals surface area (Å²) < 4.78 is 0. The fourth-order valence-corrected chi connectivity index (χ4v) is 2.22. The van der Waals surface area contributed by atoms with E-state index >= 15 is 0 Å². The minimum atomic E-state index is -0.317. The second-order valence-corrected chi connectivity index (χ2v) is 5.65. The Labute approximate surface area is 125 Å². The molecule has 8 heteroatoms. The lowest BCUT2D eigenvalue weighted by atomic mass is 10.2. The smallest absolute Gasteiger partial charge is 0.260 e. The Balaban J connectivity index is 2.24. The second kappa shape index (κ2) is 6.06. The van der Waals surface area contributed by atoms with Gasteiger partial charge in [-0.1, -0.05) is 11.6 Å². The predicted octanol–water partition coefficient (Wildman–Crippen LogP) is 2.85. The molecule has 0 unspecified atom stereocenters. The Morgan fingerprint density at radius 1 is 1.50 bits per heavy atom. The number of pyridine rings is 1. The molecule has 0 fully saturated rings. The van der Waals surface area contributed by atoms with E-state index in [4.69, 9.17) is 17.3 Å². The van der Waals surface area contributed by atoms with Crippen LogP contribution in [0.5, 0.6) is 0 Å². The number of nitrogens with two attached hydrogens (primary N) is 1. The number of nitrogen functional groups attached to an aromatic ring is 1. The van der Waals surface area contributed by atoms with Crippen molar-refractivity contribution in [1.29, 1.82) is 0 Å². The molecule has 0 aliphatic carbocycles. The summed E-state index contributed by atoms with van der Waals surface area (Å²) in [4.78, 5) is 20.1. The van der Waals surface area contributed by atoms with E-state index < -0.39 is 0 Å². The number of nitrogens with one attached hydrogen (secondary N) is 2. The maximum Gasteiger partial charge on any atom is 0.260 e. The number of carbonyl (C=O) groups is 1. The van der Waals surface area contributed by atoms with Crippen LogP contribution in [0.25, 0.3) is 0 Å². The highest BCUT2D eigenvalue weighted by molar-refractivity contribution is 7.13. The first-order valence-electron chi connectivity index (χ1n) is 5.90. The Bertz CT molecular complexity index is 628. The molecule has 0 spiro atoms. The number of carbonyl (C=O) groups excluding carboxylic acids is 1. The van der Waals surface area contributed by atoms with Gasteiger partial charge in [0.1, 0.15) is 11.0 Å². The molecule has 0 aliphatic rings. The third kappa shape index (κ3) is 3.58. The number of halogens is 1. The number of hydrogen-bond acceptors (Lipinski definition) is 6. The van der Waals surface area contributed by atoms with Crippen LogP contribution in [-0.2, 0) is 0 Å². The number of anilines is 3. The summed E-state index contributed by atoms with van der Waals surface area (Å²) in [7, 11) is 0. The summed E-state index contributed by atoms with van der Waals surface area (Å²) in [5.41, 5.74) is 6.55. The molecule has 0 atom stereocenters. The summed E-state index contributed by atoms with van der Waals surface area (Å²) in [6.07, 6.45) is 1.43. The van der Waals surface area contributed by atoms with E-state index in [1.54, 1.807) is 11.4 Å². The summed E-state index contributed by atoms with van der Waals surface area (Å²) in [5, 5.41) is 8.22. The molecule has 2 rings (SSSR count). The molecule has 2 aromatic heterocycles. The number of thiazole rings is 1. The SMILES string of the molecule is CC(C)Nc1cc(Cl)ncc1C(=O)Nc1csc(N)n1. The van der Waals surface area contributed by atoms with Crippen molar-refractivity contribution in [2.24, 2.45) is 0 Å². The number of nitrogens with zero attached hydrogens (tertiary/aromatic N) is 2. The first-order chi connectivity index (χ1) is 9.45. The molecule has 2 heterocycles. The van der Waals surface area contributed by atoms with Gasteiger partial charge in [-0.15, -0.1) is 11.3 Å². The van der Waals surface area contributed by atoms with Gasteiger partial charge in [0.25, 0.3) is 5.91 Å². The van der Waals surface area contributed by atoms with Crippen LogP contribution in [0.2, 0.25) is 5.15 Å². The third-order valence-electron chi connectivity index (χ3n) is 2.32. The van der Waals surface area contributed by atoms with Gasteiger partial charge in [0, 0.05) is 17.6 Å². The molecule has 4 N–H and O–H groups in total. The van der Waals surface area contributed by atoms with E-state index in [2.05, 4.69) is 20.6 Å². The average Bonchev–Trinajstić information content (AvgIpc) is 2.73. The summed E-state index contributed by atoms with van der Waals surface area (Å²) in [6, 6.07) is 1.78. The molecule has 20 heavy (non-hydrogen) atoms. The summed E-state index contributed by atoms with van der Waals surface area (Å²) >= 11 is 7.12. The molecule has 0 saturated heterocycles. The first-order valence-corrected chi connectivity index (χ1v) is 7.16. The molecule has 0 saturated carbocycles. The zero-order chi connectivity index (χ0) is 14.7. The number of hydrogen-bond donors (Lipinski definition) is 3. The zero-order valence-corrected chi connectivity index (χ0v) is 12.5. The highest BCUT2D eigenvalue weighted by Crippen LogP contribution is 2.22. The molecule has 0 bridgehead atoms. The lowest BCUT2D eigenvalue weighted by Gasteiger charge is -2.14. The highest BCUT2D eigenvalue weighted by Gasteiger charge is 2.15. The topological polar surface area (TPSA) is 92.9 Å². The van der Waals surface area contributed by atoms with Gasteiger partial charge in [-0.3, -0.25) is 4.79 Å². The number of aromatic nitrogens is 2. The van der Waals surface area contributed by atoms with Crippen LogP contribution >= 0.6 is 22.9 Å². The van der Waals surface area contributed by atoms with Gasteiger partial charge >= 0.3 is 0 Å². The van der Waals surface area contributed by atoms with E-state index in [0.717, 1.165) is 0 Å². The van der Waals surface area contributed by atoms with Crippen LogP contribution < -0.4 is 16.4 Å². The van der Waals surface area contributed by atoms with Gasteiger partial charge in [0.2, 0.25) is 0 Å². The van der Waals surface area contributed by atoms with Crippen molar-refractivity contribution in [1.82, 2.24) is 9.97 Å². The molecular formula is C12H14ClN5OS. The van der Waals surface area contributed by atoms with Crippen LogP contribution in [-0.4, -0.2) is 21.9 Å². The largest absolute Gasteiger partial charge is 0.382 e. The quantitative estimate of drug-likeness (QED) is 0.755. The molecular weight excluding hydrogens is 298 g/mol. The van der Waals surface area contributed by atoms with E-state index in [0.29, 0.717) is 27.4 Å². The van der Waals surface area contributed by atoms with Gasteiger partial charge in [-0.05, 0) is 19.9 Å². The Hall–Kier alpha value is -1.86. The van der Waals surface area contributed by atoms with E-state index in [1.165, 1.54) is 17.5 Å². The van der Waals surface area contributed by atoms with Gasteiger partial charge < -0.3 is 16.4 Å². The van der Waals surface area contributed by atoms with E-state index in [1.807, 2.05) is 13.8 Å². The molecule has 2 aromatic rings. The number of rotatable bonds is 4. The zero-order valence-electron chi connectivity index (χ0n) is 11.0. The van der Waals surface area contributed by atoms with Crippen molar-refractivity contribution in [3.8, 4) is 0 Å². The summed E-state index contributed by atoms with van der Waals surface area (Å²) in [6.45, 7) is 3.94. The standard InChI is InChI=1S/C12H14ClN5OS/c1-6(2)16-8-3-9(13)15-4-7(8)11(19)17-10-5-20-12(14)18-10/h3-6H,1-2H3,(H2,14,18)(H,15,16)(H,17,19). The van der Waals surface area contributed by atoms with Crippen LogP contribution in [0.15, 0.2) is 17.6 Å². The van der Waals surface area contributed by atoms with Crippen LogP contribution in [0.4, 0.5) is 16.6 Å². The van der Waals surface area contributed by atoms with Crippen molar-refractivity contribution in [3.05, 3.63) is 28.4 Å². The Morgan fingerprint density at radius 2 is 2.25 bits per heavy atom. The minimum Gasteiger partial charge on any atom is -0.382 e. The second-order valence-electron chi connectivity index (χ2n) is 4.38. The first kappa shape index (κ1) is 14.5. The van der Waals surface area contributed by atoms with Crippen molar-refractivity contribution >= 4 is 45.5 Å². The van der Waals surface area contributed by atoms with Gasteiger partial charge in [-0.2, -0.15) is 0 Å². The van der Waals surface area contributed by atoms with Crippen molar-refractivity contribution < 1.29 is 4.79 Å². The third-order valence-corrected chi connectivity index (χ3v) is 3.20. The molecule has 6 nitrogen and oxygen atoms in total. The van der Waals surface area contributed by atoms with Crippen molar-refractivity contribution in [2.45, 2.75) is 19.9 Å². The van der Waals surface area contributed by atoms with Crippen molar-refractivity contribution in [2.75, 3.05) is 16.4 Å². The molecule has 0 radical (unpaired) electrons. The van der Waals surface area contributed by atoms with Crippen LogP contribution in [0.1, 0.15) is 24.2 Å². The average molecular weight is 312 g/mol. The molecule has 0 aliphatic heterocycles. The lowest BCUT2D eigenvalue weighted by Crippen LogP contribution is -2.18. The van der Waals surface area contributed by atoms with Crippen LogP contribution in [0, 0.1) is 0 Å². The fraction of sp³-hybridized carbons (Fsp3) is 0.250. The molecule has 1 amide bonds. The van der Waals surface area contributed by atoms with E-state index in [9.17, 15) is 4.79 Å². The van der Waals surface area contributed by atoms with Crippen molar-refractivity contribution in [3.63, 3.8) is 0 Å². The number of amides is 1. The minimum absolute atomic E-state index is 0.162. The Kier molecular flexibility index (Phi) is 4.41. The monoisotopic (exact) mass is 311 g/mol. The maximum atomic E-state index is 12.2. The maximum absolute atomic E-state index is 12.2. The highest BCUT2D eigenvalue weighted by atomic mass is 35.5. The summed E-state index contributed by atoms with van der Waals surface area (Å²) in [5.74, 6) is 0.102. The van der Waals surface area contributed by atoms with Gasteiger partial charge in [0.15, 0.2) is 5.13 Å². The molecule has 106 valence electrons. The normalized spacial score (nSPS) is 10.6. The molecule has 0 aromatic carbocycles. The van der Waals surface area contributed by atoms with Gasteiger partial charge in [0.05, 0.1) is 11.3 Å².